The molecule has 0 bridgehead atoms. The van der Waals surface area contributed by atoms with Crippen molar-refractivity contribution in [2.45, 2.75) is 45.5 Å². The number of hydrogen-bond acceptors (Lipinski definition) is 1. The molecule has 0 saturated heterocycles. The Morgan fingerprint density at radius 1 is 1.22 bits per heavy atom. The molecule has 0 aliphatic rings. The molecular weight excluding hydrogens is 250 g/mol. The monoisotopic (exact) mass is 272 g/mol. The minimum Gasteiger partial charge on any atom is -0.493 e. The normalized spacial score (nSPS) is 11.9. The van der Waals surface area contributed by atoms with Crippen LogP contribution < -0.4 is 4.74 Å². The van der Waals surface area contributed by atoms with Crippen molar-refractivity contribution in [3.8, 4) is 5.75 Å². The lowest BCUT2D eigenvalue weighted by molar-refractivity contribution is 0.145. The highest BCUT2D eigenvalue weighted by molar-refractivity contribution is 6.76. The van der Waals surface area contributed by atoms with Gasteiger partial charge in [-0.05, 0) is 31.0 Å². The van der Waals surface area contributed by atoms with Gasteiger partial charge in [-0.25, -0.2) is 8.78 Å². The van der Waals surface area contributed by atoms with Gasteiger partial charge in [0.05, 0.1) is 12.2 Å². The third-order valence-electron chi connectivity index (χ3n) is 2.73. The summed E-state index contributed by atoms with van der Waals surface area (Å²) in [5.74, 6) is 0.334. The predicted molar refractivity (Wildman–Crippen MR) is 74.4 cm³/mol. The minimum absolute atomic E-state index is 0.00592. The van der Waals surface area contributed by atoms with Crippen LogP contribution in [0, 0.1) is 6.92 Å². The largest absolute Gasteiger partial charge is 0.493 e. The summed E-state index contributed by atoms with van der Waals surface area (Å²) in [4.78, 5) is 0. The summed E-state index contributed by atoms with van der Waals surface area (Å²) in [6.45, 7) is 9.29. The maximum atomic E-state index is 12.8. The Labute approximate surface area is 109 Å². The fourth-order valence-corrected chi connectivity index (χ4v) is 2.94. The summed E-state index contributed by atoms with van der Waals surface area (Å²) in [6, 6.07) is 5.99. The SMILES string of the molecule is Cc1ccc(C(F)F)c(OCCC[Si](C)(C)C)c1. The quantitative estimate of drug-likeness (QED) is 0.520. The molecule has 0 aliphatic carbocycles. The zero-order valence-electron chi connectivity index (χ0n) is 11.6. The highest BCUT2D eigenvalue weighted by atomic mass is 28.3. The van der Waals surface area contributed by atoms with Gasteiger partial charge < -0.3 is 4.74 Å². The van der Waals surface area contributed by atoms with Crippen molar-refractivity contribution in [1.82, 2.24) is 0 Å². The third-order valence-corrected chi connectivity index (χ3v) is 4.59. The number of halogens is 2. The highest BCUT2D eigenvalue weighted by Gasteiger charge is 2.15. The van der Waals surface area contributed by atoms with E-state index in [1.165, 1.54) is 6.07 Å². The Hall–Kier alpha value is -0.903. The van der Waals surface area contributed by atoms with Gasteiger partial charge in [-0.2, -0.15) is 0 Å². The van der Waals surface area contributed by atoms with E-state index >= 15 is 0 Å². The summed E-state index contributed by atoms with van der Waals surface area (Å²) < 4.78 is 31.1. The van der Waals surface area contributed by atoms with Gasteiger partial charge in [0.2, 0.25) is 0 Å². The predicted octanol–water partition coefficient (Wildman–Crippen LogP) is 5.04. The Morgan fingerprint density at radius 3 is 2.44 bits per heavy atom. The first-order valence-electron chi connectivity index (χ1n) is 6.31. The standard InChI is InChI=1S/C14H22F2OSi/c1-11-6-7-12(14(15)16)13(10-11)17-8-5-9-18(2,3)4/h6-7,10,14H,5,8-9H2,1-4H3. The molecule has 0 saturated carbocycles. The van der Waals surface area contributed by atoms with E-state index in [1.54, 1.807) is 12.1 Å². The van der Waals surface area contributed by atoms with E-state index in [9.17, 15) is 8.78 Å². The molecule has 0 fully saturated rings. The summed E-state index contributed by atoms with van der Waals surface area (Å²) in [7, 11) is -1.07. The molecule has 0 heterocycles. The summed E-state index contributed by atoms with van der Waals surface area (Å²) >= 11 is 0. The van der Waals surface area contributed by atoms with Crippen molar-refractivity contribution in [2.24, 2.45) is 0 Å². The molecule has 4 heteroatoms. The Balaban J connectivity index is 2.58. The number of aryl methyl sites for hydroxylation is 1. The van der Waals surface area contributed by atoms with Crippen molar-refractivity contribution in [3.05, 3.63) is 29.3 Å². The molecule has 1 aromatic carbocycles. The maximum absolute atomic E-state index is 12.8. The van der Waals surface area contributed by atoms with Crippen LogP contribution in [0.3, 0.4) is 0 Å². The molecular formula is C14H22F2OSi. The van der Waals surface area contributed by atoms with Crippen molar-refractivity contribution < 1.29 is 13.5 Å². The van der Waals surface area contributed by atoms with Gasteiger partial charge in [0, 0.05) is 8.07 Å². The van der Waals surface area contributed by atoms with E-state index in [0.29, 0.717) is 12.4 Å². The van der Waals surface area contributed by atoms with Crippen LogP contribution in [0.15, 0.2) is 18.2 Å². The topological polar surface area (TPSA) is 9.23 Å². The first kappa shape index (κ1) is 15.2. The number of alkyl halides is 2. The molecule has 0 N–H and O–H groups in total. The Kier molecular flexibility index (Phi) is 5.32. The Morgan fingerprint density at radius 2 is 1.89 bits per heavy atom. The zero-order valence-corrected chi connectivity index (χ0v) is 12.6. The molecule has 18 heavy (non-hydrogen) atoms. The average Bonchev–Trinajstić information content (AvgIpc) is 2.22. The second-order valence-electron chi connectivity index (χ2n) is 5.85. The molecule has 0 aromatic heterocycles. The van der Waals surface area contributed by atoms with Crippen molar-refractivity contribution in [2.75, 3.05) is 6.61 Å². The second kappa shape index (κ2) is 6.32. The molecule has 0 radical (unpaired) electrons. The smallest absolute Gasteiger partial charge is 0.267 e. The number of ether oxygens (including phenoxy) is 1. The zero-order chi connectivity index (χ0) is 13.8. The molecule has 1 aromatic rings. The maximum Gasteiger partial charge on any atom is 0.267 e. The molecule has 0 amide bonds. The molecule has 1 nitrogen and oxygen atoms in total. The first-order valence-corrected chi connectivity index (χ1v) is 10.0. The second-order valence-corrected chi connectivity index (χ2v) is 11.5. The molecule has 0 spiro atoms. The van der Waals surface area contributed by atoms with Crippen LogP contribution in [-0.4, -0.2) is 14.7 Å². The molecule has 102 valence electrons. The van der Waals surface area contributed by atoms with Crippen LogP contribution in [0.25, 0.3) is 0 Å². The van der Waals surface area contributed by atoms with E-state index in [2.05, 4.69) is 19.6 Å². The fraction of sp³-hybridized carbons (Fsp3) is 0.571. The lowest BCUT2D eigenvalue weighted by Crippen LogP contribution is -2.20. The summed E-state index contributed by atoms with van der Waals surface area (Å²) in [5, 5.41) is 0. The molecule has 1 rings (SSSR count). The van der Waals surface area contributed by atoms with Crippen LogP contribution >= 0.6 is 0 Å². The van der Waals surface area contributed by atoms with Gasteiger partial charge in [0.15, 0.2) is 0 Å². The van der Waals surface area contributed by atoms with E-state index in [4.69, 9.17) is 4.74 Å². The average molecular weight is 272 g/mol. The number of benzene rings is 1. The van der Waals surface area contributed by atoms with Crippen molar-refractivity contribution >= 4 is 8.07 Å². The van der Waals surface area contributed by atoms with E-state index < -0.39 is 14.5 Å². The van der Waals surface area contributed by atoms with Gasteiger partial charge >= 0.3 is 0 Å². The van der Waals surface area contributed by atoms with E-state index in [1.807, 2.05) is 6.92 Å². The first-order chi connectivity index (χ1) is 8.29. The highest BCUT2D eigenvalue weighted by Crippen LogP contribution is 2.30. The van der Waals surface area contributed by atoms with E-state index in [0.717, 1.165) is 18.0 Å². The van der Waals surface area contributed by atoms with Crippen LogP contribution in [0.2, 0.25) is 25.7 Å². The van der Waals surface area contributed by atoms with Gasteiger partial charge in [-0.1, -0.05) is 31.8 Å². The van der Waals surface area contributed by atoms with Crippen LogP contribution in [0.4, 0.5) is 8.78 Å². The van der Waals surface area contributed by atoms with Crippen LogP contribution in [-0.2, 0) is 0 Å². The molecule has 0 atom stereocenters. The van der Waals surface area contributed by atoms with Crippen molar-refractivity contribution in [1.29, 1.82) is 0 Å². The molecule has 0 unspecified atom stereocenters. The van der Waals surface area contributed by atoms with Crippen LogP contribution in [0.5, 0.6) is 5.75 Å². The Bertz CT molecular complexity index is 386. The van der Waals surface area contributed by atoms with Crippen LogP contribution in [0.1, 0.15) is 24.0 Å². The minimum atomic E-state index is -2.47. The molecule has 0 aliphatic heterocycles. The van der Waals surface area contributed by atoms with Gasteiger partial charge in [-0.15, -0.1) is 0 Å². The lowest BCUT2D eigenvalue weighted by atomic mass is 10.1. The number of hydrogen-bond donors (Lipinski definition) is 0. The lowest BCUT2D eigenvalue weighted by Gasteiger charge is -2.16. The van der Waals surface area contributed by atoms with Gasteiger partial charge in [0.1, 0.15) is 5.75 Å². The van der Waals surface area contributed by atoms with Crippen molar-refractivity contribution in [3.63, 3.8) is 0 Å². The summed E-state index contributed by atoms with van der Waals surface area (Å²) in [5.41, 5.74) is 0.938. The fourth-order valence-electron chi connectivity index (χ4n) is 1.73. The number of rotatable bonds is 6. The van der Waals surface area contributed by atoms with E-state index in [-0.39, 0.29) is 5.56 Å². The summed E-state index contributed by atoms with van der Waals surface area (Å²) in [6.07, 6.45) is -1.54. The van der Waals surface area contributed by atoms with Gasteiger partial charge in [0.25, 0.3) is 6.43 Å². The third kappa shape index (κ3) is 5.17. The van der Waals surface area contributed by atoms with Gasteiger partial charge in [-0.3, -0.25) is 0 Å².